The van der Waals surface area contributed by atoms with Crippen molar-refractivity contribution in [2.24, 2.45) is 16.2 Å². The van der Waals surface area contributed by atoms with Crippen LogP contribution in [0, 0.1) is 16.2 Å². The van der Waals surface area contributed by atoms with Gasteiger partial charge in [-0.2, -0.15) is 0 Å². The van der Waals surface area contributed by atoms with Gasteiger partial charge in [0.2, 0.25) is 0 Å². The van der Waals surface area contributed by atoms with Crippen LogP contribution < -0.4 is 0 Å². The molecule has 6 unspecified atom stereocenters. The molecule has 2 saturated carbocycles. The molecular formula is C20H30O6. The minimum absolute atomic E-state index is 0.0201. The molecule has 0 amide bonds. The smallest absolute Gasteiger partial charge is 0.310 e. The molecule has 6 atom stereocenters. The van der Waals surface area contributed by atoms with Crippen LogP contribution in [0.5, 0.6) is 0 Å². The summed E-state index contributed by atoms with van der Waals surface area (Å²) in [6.07, 6.45) is 6.83. The van der Waals surface area contributed by atoms with Crippen molar-refractivity contribution in [3.8, 4) is 0 Å². The average molecular weight is 366 g/mol. The zero-order chi connectivity index (χ0) is 18.7. The first kappa shape index (κ1) is 18.2. The molecule has 0 spiro atoms. The van der Waals surface area contributed by atoms with E-state index in [9.17, 15) is 14.7 Å². The van der Waals surface area contributed by atoms with Crippen LogP contribution in [0.1, 0.15) is 71.6 Å². The van der Waals surface area contributed by atoms with Gasteiger partial charge in [-0.3, -0.25) is 9.59 Å². The molecule has 2 aliphatic carbocycles. The Morgan fingerprint density at radius 2 is 1.46 bits per heavy atom. The van der Waals surface area contributed by atoms with Crippen molar-refractivity contribution in [1.82, 2.24) is 0 Å². The molecule has 0 radical (unpaired) electrons. The van der Waals surface area contributed by atoms with Gasteiger partial charge in [0.1, 0.15) is 0 Å². The first-order chi connectivity index (χ1) is 12.2. The Labute approximate surface area is 154 Å². The molecule has 4 rings (SSSR count). The van der Waals surface area contributed by atoms with Crippen molar-refractivity contribution >= 4 is 11.9 Å². The minimum Gasteiger partial charge on any atom is -0.481 e. The number of epoxide rings is 2. The highest BCUT2D eigenvalue weighted by Gasteiger charge is 2.68. The number of fused-ring (bicyclic) bond motifs is 2. The van der Waals surface area contributed by atoms with Crippen molar-refractivity contribution in [2.75, 3.05) is 0 Å². The third-order valence-corrected chi connectivity index (χ3v) is 8.01. The van der Waals surface area contributed by atoms with Gasteiger partial charge in [-0.05, 0) is 62.2 Å². The maximum atomic E-state index is 12.9. The lowest BCUT2D eigenvalue weighted by molar-refractivity contribution is -0.183. The number of carboxylic acids is 2. The van der Waals surface area contributed by atoms with Gasteiger partial charge in [0.05, 0.1) is 29.8 Å². The van der Waals surface area contributed by atoms with Gasteiger partial charge < -0.3 is 19.7 Å². The lowest BCUT2D eigenvalue weighted by Gasteiger charge is -2.57. The molecule has 2 saturated heterocycles. The zero-order valence-electron chi connectivity index (χ0n) is 15.7. The predicted octanol–water partition coefficient (Wildman–Crippen LogP) is 3.23. The first-order valence-electron chi connectivity index (χ1n) is 9.97. The van der Waals surface area contributed by atoms with E-state index in [2.05, 4.69) is 13.8 Å². The molecule has 0 bridgehead atoms. The SMILES string of the molecule is CC1(C(CCCC(=O)O)(C(=O)O)C2(C)CCC3OC3C2)CCC2OC2C1. The fourth-order valence-corrected chi connectivity index (χ4v) is 6.47. The van der Waals surface area contributed by atoms with Crippen molar-refractivity contribution in [3.05, 3.63) is 0 Å². The van der Waals surface area contributed by atoms with E-state index < -0.39 is 17.4 Å². The Bertz CT molecular complexity index is 583. The predicted molar refractivity (Wildman–Crippen MR) is 92.8 cm³/mol. The van der Waals surface area contributed by atoms with Crippen LogP contribution in [0.25, 0.3) is 0 Å². The molecule has 2 heterocycles. The van der Waals surface area contributed by atoms with Gasteiger partial charge in [-0.25, -0.2) is 0 Å². The summed E-state index contributed by atoms with van der Waals surface area (Å²) < 4.78 is 11.5. The number of hydrogen-bond donors (Lipinski definition) is 2. The second kappa shape index (κ2) is 5.93. The fraction of sp³-hybridized carbons (Fsp3) is 0.900. The topological polar surface area (TPSA) is 99.7 Å². The molecule has 6 nitrogen and oxygen atoms in total. The molecule has 0 aromatic carbocycles. The standard InChI is InChI=1S/C20H30O6/c1-18(8-5-12-14(10-18)25-12)20(17(23)24,7-3-4-16(21)22)19(2)9-6-13-15(11-19)26-13/h12-15H,3-11H2,1-2H3,(H,21,22)(H,23,24). The summed E-state index contributed by atoms with van der Waals surface area (Å²) in [4.78, 5) is 24.0. The van der Waals surface area contributed by atoms with Crippen LogP contribution in [-0.4, -0.2) is 46.6 Å². The summed E-state index contributed by atoms with van der Waals surface area (Å²) in [7, 11) is 0. The van der Waals surface area contributed by atoms with Gasteiger partial charge in [0, 0.05) is 6.42 Å². The monoisotopic (exact) mass is 366 g/mol. The zero-order valence-corrected chi connectivity index (χ0v) is 15.7. The largest absolute Gasteiger partial charge is 0.481 e. The van der Waals surface area contributed by atoms with Crippen molar-refractivity contribution in [1.29, 1.82) is 0 Å². The quantitative estimate of drug-likeness (QED) is 0.671. The Kier molecular flexibility index (Phi) is 4.16. The van der Waals surface area contributed by atoms with Gasteiger partial charge >= 0.3 is 11.9 Å². The highest BCUT2D eigenvalue weighted by molar-refractivity contribution is 5.77. The average Bonchev–Trinajstić information content (AvgIpc) is 3.44. The third kappa shape index (κ3) is 2.68. The Morgan fingerprint density at radius 1 is 0.962 bits per heavy atom. The third-order valence-electron chi connectivity index (χ3n) is 8.01. The molecule has 2 N–H and O–H groups in total. The molecule has 26 heavy (non-hydrogen) atoms. The Hall–Kier alpha value is -1.14. The van der Waals surface area contributed by atoms with Crippen LogP contribution in [0.3, 0.4) is 0 Å². The molecule has 4 aliphatic rings. The summed E-state index contributed by atoms with van der Waals surface area (Å²) >= 11 is 0. The number of carbonyl (C=O) groups is 2. The van der Waals surface area contributed by atoms with Crippen molar-refractivity contribution in [3.63, 3.8) is 0 Å². The highest BCUT2D eigenvalue weighted by atomic mass is 16.6. The summed E-state index contributed by atoms with van der Waals surface area (Å²) in [5.41, 5.74) is -1.71. The molecule has 146 valence electrons. The summed E-state index contributed by atoms with van der Waals surface area (Å²) in [5.74, 6) is -1.62. The van der Waals surface area contributed by atoms with E-state index in [0.29, 0.717) is 25.0 Å². The van der Waals surface area contributed by atoms with E-state index in [-0.39, 0.29) is 29.5 Å². The van der Waals surface area contributed by atoms with Crippen LogP contribution in [0.15, 0.2) is 0 Å². The Balaban J connectivity index is 1.70. The van der Waals surface area contributed by atoms with E-state index in [1.165, 1.54) is 0 Å². The van der Waals surface area contributed by atoms with Gasteiger partial charge in [0.15, 0.2) is 0 Å². The normalized spacial score (nSPS) is 45.8. The summed E-state index contributed by atoms with van der Waals surface area (Å²) in [6, 6.07) is 0. The maximum absolute atomic E-state index is 12.9. The summed E-state index contributed by atoms with van der Waals surface area (Å²) in [5, 5.41) is 19.7. The van der Waals surface area contributed by atoms with Crippen LogP contribution >= 0.6 is 0 Å². The molecule has 0 aromatic rings. The minimum atomic E-state index is -0.941. The molecule has 6 heteroatoms. The van der Waals surface area contributed by atoms with Crippen molar-refractivity contribution < 1.29 is 29.3 Å². The molecule has 2 aliphatic heterocycles. The van der Waals surface area contributed by atoms with Crippen LogP contribution in [0.2, 0.25) is 0 Å². The number of aliphatic carboxylic acids is 2. The van der Waals surface area contributed by atoms with E-state index in [1.807, 2.05) is 0 Å². The second-order valence-electron chi connectivity index (χ2n) is 9.49. The van der Waals surface area contributed by atoms with E-state index in [4.69, 9.17) is 14.6 Å². The van der Waals surface area contributed by atoms with E-state index >= 15 is 0 Å². The number of ether oxygens (including phenoxy) is 2. The fourth-order valence-electron chi connectivity index (χ4n) is 6.47. The first-order valence-corrected chi connectivity index (χ1v) is 9.97. The van der Waals surface area contributed by atoms with Crippen LogP contribution in [0.4, 0.5) is 0 Å². The summed E-state index contributed by atoms with van der Waals surface area (Å²) in [6.45, 7) is 4.23. The van der Waals surface area contributed by atoms with Gasteiger partial charge in [0.25, 0.3) is 0 Å². The number of hydrogen-bond acceptors (Lipinski definition) is 4. The lowest BCUT2D eigenvalue weighted by atomic mass is 9.44. The van der Waals surface area contributed by atoms with Crippen molar-refractivity contribution in [2.45, 2.75) is 96.1 Å². The van der Waals surface area contributed by atoms with Gasteiger partial charge in [-0.15, -0.1) is 0 Å². The van der Waals surface area contributed by atoms with E-state index in [0.717, 1.165) is 38.5 Å². The maximum Gasteiger partial charge on any atom is 0.310 e. The lowest BCUT2D eigenvalue weighted by Crippen LogP contribution is -2.59. The second-order valence-corrected chi connectivity index (χ2v) is 9.49. The Morgan fingerprint density at radius 3 is 1.85 bits per heavy atom. The van der Waals surface area contributed by atoms with Gasteiger partial charge in [-0.1, -0.05) is 13.8 Å². The number of carboxylic acid groups (broad SMARTS) is 2. The molecule has 0 aromatic heterocycles. The highest BCUT2D eigenvalue weighted by Crippen LogP contribution is 2.67. The molecular weight excluding hydrogens is 336 g/mol. The number of rotatable bonds is 7. The van der Waals surface area contributed by atoms with Crippen LogP contribution in [-0.2, 0) is 19.1 Å². The van der Waals surface area contributed by atoms with E-state index in [1.54, 1.807) is 0 Å². The molecule has 4 fully saturated rings.